The van der Waals surface area contributed by atoms with Gasteiger partial charge in [-0.05, 0) is 48.5 Å². The summed E-state index contributed by atoms with van der Waals surface area (Å²) in [5.74, 6) is -5.50. The number of nitrogens with two attached hydrogens (primary N) is 1. The van der Waals surface area contributed by atoms with Crippen LogP contribution in [0.15, 0.2) is 72.8 Å². The Kier molecular flexibility index (Phi) is 14.1. The minimum absolute atomic E-state index is 0.0112. The molecule has 21 heteroatoms. The van der Waals surface area contributed by atoms with Crippen LogP contribution in [0.2, 0.25) is 10.0 Å². The number of urea groups is 2. The van der Waals surface area contributed by atoms with E-state index < -0.39 is 54.0 Å². The quantitative estimate of drug-likeness (QED) is 0.115. The number of carbonyl (C=O) groups is 5. The standard InChI is InChI=1S/C23H20ClF4N3O4.C21H20ClF2N3O3/c24-16-6-15(3-4-17(16)25)31(22(34)30-9-23(10-30)11-35-12-23)8-14-2-1-13(5-18(14)26)19(32)7-29-21(33)20(27)28;22-16-6-15(3-4-17(16)23)27(20(29)26-9-21(10-26)11-30-12-21)8-14-2-1-13(5-18(14)24)19(28)7-25/h1-6,20H,7-12H2,(H,29,33);1-6H,7-12,25H2. The Morgan fingerprint density at radius 2 is 1.05 bits per heavy atom. The predicted octanol–water partition coefficient (Wildman–Crippen LogP) is 6.86. The number of hydrogen-bond donors (Lipinski definition) is 2. The Morgan fingerprint density at radius 1 is 0.631 bits per heavy atom. The Hall–Kier alpha value is -5.73. The Morgan fingerprint density at radius 3 is 1.38 bits per heavy atom. The second-order valence-electron chi connectivity index (χ2n) is 16.3. The van der Waals surface area contributed by atoms with E-state index >= 15 is 0 Å². The van der Waals surface area contributed by atoms with Gasteiger partial charge in [0.15, 0.2) is 11.6 Å². The van der Waals surface area contributed by atoms with Crippen molar-refractivity contribution in [1.29, 1.82) is 0 Å². The van der Waals surface area contributed by atoms with E-state index in [0.717, 1.165) is 24.3 Å². The fourth-order valence-electron chi connectivity index (χ4n) is 7.63. The first-order valence-corrected chi connectivity index (χ1v) is 20.7. The fourth-order valence-corrected chi connectivity index (χ4v) is 7.98. The number of hydrogen-bond acceptors (Lipinski definition) is 8. The summed E-state index contributed by atoms with van der Waals surface area (Å²) < 4.78 is 91.9. The van der Waals surface area contributed by atoms with Gasteiger partial charge in [0.25, 0.3) is 5.91 Å². The van der Waals surface area contributed by atoms with E-state index in [1.165, 1.54) is 58.3 Å². The molecule has 4 aliphatic rings. The van der Waals surface area contributed by atoms with Gasteiger partial charge in [-0.2, -0.15) is 8.78 Å². The third kappa shape index (κ3) is 10.4. The predicted molar refractivity (Wildman–Crippen MR) is 225 cm³/mol. The lowest BCUT2D eigenvalue weighted by molar-refractivity contribution is -0.174. The first-order chi connectivity index (χ1) is 30.9. The van der Waals surface area contributed by atoms with E-state index in [-0.39, 0.29) is 80.3 Å². The number of likely N-dealkylation sites (tertiary alicyclic amines) is 2. The van der Waals surface area contributed by atoms with Crippen LogP contribution in [0, 0.1) is 34.1 Å². The van der Waals surface area contributed by atoms with E-state index in [1.54, 1.807) is 15.1 Å². The Labute approximate surface area is 377 Å². The van der Waals surface area contributed by atoms with Crippen molar-refractivity contribution < 1.29 is 59.8 Å². The van der Waals surface area contributed by atoms with Crippen LogP contribution in [0.25, 0.3) is 0 Å². The summed E-state index contributed by atoms with van der Waals surface area (Å²) in [6.45, 7) is 3.07. The second kappa shape index (κ2) is 19.4. The first kappa shape index (κ1) is 47.2. The molecular weight excluding hydrogens is 909 g/mol. The summed E-state index contributed by atoms with van der Waals surface area (Å²) in [5, 5.41) is 1.42. The molecule has 13 nitrogen and oxygen atoms in total. The zero-order chi connectivity index (χ0) is 46.8. The molecule has 0 aliphatic carbocycles. The van der Waals surface area contributed by atoms with Gasteiger partial charge >= 0.3 is 18.5 Å². The van der Waals surface area contributed by atoms with Gasteiger partial charge in [0, 0.05) is 59.8 Å². The van der Waals surface area contributed by atoms with Crippen molar-refractivity contribution in [1.82, 2.24) is 15.1 Å². The second-order valence-corrected chi connectivity index (χ2v) is 17.1. The van der Waals surface area contributed by atoms with Crippen molar-refractivity contribution in [3.05, 3.63) is 128 Å². The van der Waals surface area contributed by atoms with Crippen molar-refractivity contribution in [2.75, 3.05) is 75.5 Å². The van der Waals surface area contributed by atoms with Crippen molar-refractivity contribution >= 4 is 64.1 Å². The van der Waals surface area contributed by atoms with Crippen LogP contribution in [0.1, 0.15) is 31.8 Å². The number of halogens is 8. The number of rotatable bonds is 12. The maximum atomic E-state index is 14.9. The molecule has 3 N–H and O–H groups in total. The molecule has 0 saturated carbocycles. The number of benzene rings is 4. The van der Waals surface area contributed by atoms with Crippen LogP contribution in [-0.4, -0.2) is 111 Å². The topological polar surface area (TPSA) is 155 Å². The number of ether oxygens (including phenoxy) is 2. The normalized spacial score (nSPS) is 16.3. The van der Waals surface area contributed by atoms with Crippen LogP contribution in [0.3, 0.4) is 0 Å². The number of alkyl halides is 2. The Bertz CT molecular complexity index is 2510. The molecule has 4 fully saturated rings. The Balaban J connectivity index is 0.000000196. The molecule has 344 valence electrons. The molecule has 4 aliphatic heterocycles. The van der Waals surface area contributed by atoms with Crippen molar-refractivity contribution in [2.24, 2.45) is 16.6 Å². The lowest BCUT2D eigenvalue weighted by atomic mass is 9.78. The van der Waals surface area contributed by atoms with Crippen LogP contribution in [-0.2, 0) is 27.4 Å². The smallest absolute Gasteiger partial charge is 0.324 e. The van der Waals surface area contributed by atoms with E-state index in [2.05, 4.69) is 0 Å². The molecule has 0 unspecified atom stereocenters. The summed E-state index contributed by atoms with van der Waals surface area (Å²) >= 11 is 11.8. The van der Waals surface area contributed by atoms with Crippen LogP contribution in [0.4, 0.5) is 47.3 Å². The number of ketones is 2. The summed E-state index contributed by atoms with van der Waals surface area (Å²) in [6, 6.07) is 14.3. The number of Topliss-reactive ketones (excluding diaryl/α,β-unsaturated/α-hetero) is 2. The lowest BCUT2D eigenvalue weighted by Crippen LogP contribution is -2.68. The largest absolute Gasteiger partial charge is 0.380 e. The van der Waals surface area contributed by atoms with Gasteiger partial charge in [-0.15, -0.1) is 0 Å². The maximum Gasteiger partial charge on any atom is 0.324 e. The van der Waals surface area contributed by atoms with E-state index in [0.29, 0.717) is 58.3 Å². The molecule has 0 bridgehead atoms. The van der Waals surface area contributed by atoms with Crippen molar-refractivity contribution in [3.8, 4) is 0 Å². The van der Waals surface area contributed by atoms with E-state index in [1.807, 2.05) is 0 Å². The third-order valence-electron chi connectivity index (χ3n) is 11.4. The minimum Gasteiger partial charge on any atom is -0.380 e. The number of nitrogens with zero attached hydrogens (tertiary/aromatic N) is 4. The van der Waals surface area contributed by atoms with Crippen LogP contribution in [0.5, 0.6) is 0 Å². The molecule has 0 atom stereocenters. The number of nitrogens with one attached hydrogen (secondary N) is 1. The fraction of sp³-hybridized carbons (Fsp3) is 0.341. The molecule has 0 aromatic heterocycles. The molecule has 65 heavy (non-hydrogen) atoms. The SMILES string of the molecule is NCC(=O)c1ccc(CN(C(=O)N2CC3(COC3)C2)c2ccc(F)c(Cl)c2)c(F)c1.O=C(CNC(=O)C(F)F)c1ccc(CN(C(=O)N2CC3(COC3)C2)c2ccc(F)c(Cl)c2)c(F)c1. The van der Waals surface area contributed by atoms with Gasteiger partial charge in [0.2, 0.25) is 0 Å². The highest BCUT2D eigenvalue weighted by Gasteiger charge is 2.52. The molecular formula is C44H40Cl2F6N6O7. The molecule has 8 rings (SSSR count). The van der Waals surface area contributed by atoms with Gasteiger partial charge in [0.1, 0.15) is 23.3 Å². The number of anilines is 2. The van der Waals surface area contributed by atoms with Crippen molar-refractivity contribution in [2.45, 2.75) is 19.5 Å². The summed E-state index contributed by atoms with van der Waals surface area (Å²) in [6.07, 6.45) is -3.27. The molecule has 5 amide bonds. The molecule has 4 aromatic rings. The minimum atomic E-state index is -3.27. The van der Waals surface area contributed by atoms with Crippen molar-refractivity contribution in [3.63, 3.8) is 0 Å². The summed E-state index contributed by atoms with van der Waals surface area (Å²) in [5.41, 5.74) is 6.15. The highest BCUT2D eigenvalue weighted by atomic mass is 35.5. The van der Waals surface area contributed by atoms with Gasteiger partial charge < -0.3 is 30.3 Å². The highest BCUT2D eigenvalue weighted by molar-refractivity contribution is 6.31. The van der Waals surface area contributed by atoms with Gasteiger partial charge in [-0.3, -0.25) is 24.2 Å². The molecule has 4 saturated heterocycles. The summed E-state index contributed by atoms with van der Waals surface area (Å²) in [7, 11) is 0. The first-order valence-electron chi connectivity index (χ1n) is 20.0. The highest BCUT2D eigenvalue weighted by Crippen LogP contribution is 2.40. The van der Waals surface area contributed by atoms with E-state index in [4.69, 9.17) is 38.4 Å². The average molecular weight is 950 g/mol. The number of carbonyl (C=O) groups excluding carboxylic acids is 5. The average Bonchev–Trinajstić information content (AvgIpc) is 3.21. The van der Waals surface area contributed by atoms with Crippen LogP contribution >= 0.6 is 23.2 Å². The van der Waals surface area contributed by atoms with Gasteiger partial charge in [-0.1, -0.05) is 47.5 Å². The molecule has 4 heterocycles. The molecule has 2 spiro atoms. The lowest BCUT2D eigenvalue weighted by Gasteiger charge is -2.55. The zero-order valence-electron chi connectivity index (χ0n) is 34.2. The molecule has 0 radical (unpaired) electrons. The summed E-state index contributed by atoms with van der Waals surface area (Å²) in [4.78, 5) is 67.0. The van der Waals surface area contributed by atoms with Gasteiger partial charge in [0.05, 0.1) is 73.5 Å². The van der Waals surface area contributed by atoms with Gasteiger partial charge in [-0.25, -0.2) is 27.2 Å². The molecule has 4 aromatic carbocycles. The van der Waals surface area contributed by atoms with Crippen LogP contribution < -0.4 is 20.9 Å². The monoisotopic (exact) mass is 948 g/mol. The zero-order valence-corrected chi connectivity index (χ0v) is 35.8. The number of amides is 5. The van der Waals surface area contributed by atoms with E-state index in [9.17, 15) is 50.3 Å². The maximum absolute atomic E-state index is 14.9. The third-order valence-corrected chi connectivity index (χ3v) is 12.0.